The van der Waals surface area contributed by atoms with Gasteiger partial charge in [-0.05, 0) is 50.8 Å². The molecule has 2 aromatic rings. The highest BCUT2D eigenvalue weighted by Gasteiger charge is 2.10. The van der Waals surface area contributed by atoms with Crippen molar-refractivity contribution in [2.75, 3.05) is 37.8 Å². The van der Waals surface area contributed by atoms with Crippen molar-refractivity contribution in [2.45, 2.75) is 6.92 Å². The lowest BCUT2D eigenvalue weighted by Crippen LogP contribution is -2.22. The molecule has 1 heterocycles. The Labute approximate surface area is 140 Å². The number of nitrogens with zero attached hydrogens (tertiary/aromatic N) is 3. The van der Waals surface area contributed by atoms with E-state index in [0.717, 1.165) is 12.1 Å². The molecule has 0 spiro atoms. The second-order valence-corrected chi connectivity index (χ2v) is 5.85. The SMILES string of the molecule is Cc1cc(Cl)ccc1NC(=O)c1ccnc(NCCN(C)C)n1. The van der Waals surface area contributed by atoms with Crippen molar-refractivity contribution in [3.05, 3.63) is 46.7 Å². The van der Waals surface area contributed by atoms with Gasteiger partial charge < -0.3 is 15.5 Å². The molecule has 122 valence electrons. The fourth-order valence-electron chi connectivity index (χ4n) is 1.92. The lowest BCUT2D eigenvalue weighted by atomic mass is 10.2. The zero-order chi connectivity index (χ0) is 16.8. The third-order valence-electron chi connectivity index (χ3n) is 3.17. The Morgan fingerprint density at radius 2 is 2.09 bits per heavy atom. The minimum absolute atomic E-state index is 0.284. The van der Waals surface area contributed by atoms with Crippen LogP contribution in [0.4, 0.5) is 11.6 Å². The van der Waals surface area contributed by atoms with E-state index in [1.807, 2.05) is 25.9 Å². The summed E-state index contributed by atoms with van der Waals surface area (Å²) in [5.41, 5.74) is 1.91. The van der Waals surface area contributed by atoms with Crippen LogP contribution < -0.4 is 10.6 Å². The average Bonchev–Trinajstić information content (AvgIpc) is 2.50. The average molecular weight is 334 g/mol. The Morgan fingerprint density at radius 1 is 1.30 bits per heavy atom. The molecule has 0 aliphatic rings. The van der Waals surface area contributed by atoms with Gasteiger partial charge in [-0.1, -0.05) is 11.6 Å². The maximum Gasteiger partial charge on any atom is 0.274 e. The van der Waals surface area contributed by atoms with E-state index in [-0.39, 0.29) is 5.91 Å². The summed E-state index contributed by atoms with van der Waals surface area (Å²) in [5, 5.41) is 6.56. The summed E-state index contributed by atoms with van der Waals surface area (Å²) in [6, 6.07) is 6.88. The van der Waals surface area contributed by atoms with Gasteiger partial charge in [0, 0.05) is 30.0 Å². The number of hydrogen-bond donors (Lipinski definition) is 2. The molecule has 1 aromatic carbocycles. The fraction of sp³-hybridized carbons (Fsp3) is 0.312. The van der Waals surface area contributed by atoms with E-state index in [1.54, 1.807) is 30.5 Å². The maximum absolute atomic E-state index is 12.3. The van der Waals surface area contributed by atoms with Gasteiger partial charge in [-0.25, -0.2) is 9.97 Å². The molecule has 23 heavy (non-hydrogen) atoms. The number of carbonyl (C=O) groups excluding carboxylic acids is 1. The molecule has 0 unspecified atom stereocenters. The van der Waals surface area contributed by atoms with Crippen LogP contribution in [-0.4, -0.2) is 48.0 Å². The van der Waals surface area contributed by atoms with Crippen LogP contribution >= 0.6 is 11.6 Å². The van der Waals surface area contributed by atoms with E-state index >= 15 is 0 Å². The Balaban J connectivity index is 2.04. The van der Waals surface area contributed by atoms with Gasteiger partial charge in [-0.3, -0.25) is 4.79 Å². The molecule has 2 rings (SSSR count). The number of likely N-dealkylation sites (N-methyl/N-ethyl adjacent to an activating group) is 1. The predicted octanol–water partition coefficient (Wildman–Crippen LogP) is 2.66. The normalized spacial score (nSPS) is 10.7. The molecule has 0 aliphatic heterocycles. The molecule has 0 saturated carbocycles. The van der Waals surface area contributed by atoms with Crippen molar-refractivity contribution in [2.24, 2.45) is 0 Å². The van der Waals surface area contributed by atoms with E-state index in [4.69, 9.17) is 11.6 Å². The smallest absolute Gasteiger partial charge is 0.274 e. The highest BCUT2D eigenvalue weighted by molar-refractivity contribution is 6.30. The van der Waals surface area contributed by atoms with E-state index in [2.05, 4.69) is 20.6 Å². The number of benzene rings is 1. The van der Waals surface area contributed by atoms with Gasteiger partial charge in [0.2, 0.25) is 5.95 Å². The minimum Gasteiger partial charge on any atom is -0.353 e. The zero-order valence-corrected chi connectivity index (χ0v) is 14.2. The van der Waals surface area contributed by atoms with Crippen LogP contribution in [0.1, 0.15) is 16.1 Å². The summed E-state index contributed by atoms with van der Waals surface area (Å²) in [6.45, 7) is 3.44. The van der Waals surface area contributed by atoms with Crippen molar-refractivity contribution in [3.63, 3.8) is 0 Å². The highest BCUT2D eigenvalue weighted by Crippen LogP contribution is 2.20. The minimum atomic E-state index is -0.284. The number of carbonyl (C=O) groups is 1. The standard InChI is InChI=1S/C16H20ClN5O/c1-11-10-12(17)4-5-13(11)20-15(23)14-6-7-18-16(21-14)19-8-9-22(2)3/h4-7,10H,8-9H2,1-3H3,(H,20,23)(H,18,19,21). The van der Waals surface area contributed by atoms with E-state index in [1.165, 1.54) is 0 Å². The predicted molar refractivity (Wildman–Crippen MR) is 93.2 cm³/mol. The van der Waals surface area contributed by atoms with Crippen LogP contribution in [0.3, 0.4) is 0 Å². The number of aromatic nitrogens is 2. The number of hydrogen-bond acceptors (Lipinski definition) is 5. The molecular formula is C16H20ClN5O. The molecule has 0 aliphatic carbocycles. The first kappa shape index (κ1) is 17.2. The molecule has 0 saturated heterocycles. The Hall–Kier alpha value is -2.18. The summed E-state index contributed by atoms with van der Waals surface area (Å²) in [5.74, 6) is 0.154. The Morgan fingerprint density at radius 3 is 2.78 bits per heavy atom. The van der Waals surface area contributed by atoms with Crippen molar-refractivity contribution in [1.29, 1.82) is 0 Å². The molecule has 0 atom stereocenters. The lowest BCUT2D eigenvalue weighted by Gasteiger charge is -2.11. The quantitative estimate of drug-likeness (QED) is 0.850. The molecule has 0 bridgehead atoms. The first-order valence-electron chi connectivity index (χ1n) is 7.25. The van der Waals surface area contributed by atoms with Crippen molar-refractivity contribution in [3.8, 4) is 0 Å². The summed E-state index contributed by atoms with van der Waals surface area (Å²) in [6.07, 6.45) is 1.56. The number of nitrogens with one attached hydrogen (secondary N) is 2. The number of aryl methyl sites for hydroxylation is 1. The van der Waals surface area contributed by atoms with Gasteiger partial charge in [0.15, 0.2) is 0 Å². The fourth-order valence-corrected chi connectivity index (χ4v) is 2.14. The third-order valence-corrected chi connectivity index (χ3v) is 3.40. The largest absolute Gasteiger partial charge is 0.353 e. The molecule has 6 nitrogen and oxygen atoms in total. The van der Waals surface area contributed by atoms with Crippen LogP contribution in [-0.2, 0) is 0 Å². The maximum atomic E-state index is 12.3. The molecule has 1 amide bonds. The number of amides is 1. The second-order valence-electron chi connectivity index (χ2n) is 5.41. The molecule has 1 aromatic heterocycles. The number of anilines is 2. The Kier molecular flexibility index (Phi) is 5.90. The van der Waals surface area contributed by atoms with Gasteiger partial charge in [0.1, 0.15) is 5.69 Å². The van der Waals surface area contributed by atoms with Gasteiger partial charge >= 0.3 is 0 Å². The monoisotopic (exact) mass is 333 g/mol. The van der Waals surface area contributed by atoms with E-state index in [9.17, 15) is 4.79 Å². The topological polar surface area (TPSA) is 70.2 Å². The number of halogens is 1. The first-order chi connectivity index (χ1) is 11.0. The lowest BCUT2D eigenvalue weighted by molar-refractivity contribution is 0.102. The van der Waals surface area contributed by atoms with Crippen LogP contribution in [0.2, 0.25) is 5.02 Å². The van der Waals surface area contributed by atoms with Gasteiger partial charge in [0.05, 0.1) is 0 Å². The molecule has 7 heteroatoms. The van der Waals surface area contributed by atoms with E-state index in [0.29, 0.717) is 28.9 Å². The molecular weight excluding hydrogens is 314 g/mol. The molecule has 0 fully saturated rings. The van der Waals surface area contributed by atoms with Crippen LogP contribution in [0.15, 0.2) is 30.5 Å². The van der Waals surface area contributed by atoms with Gasteiger partial charge in [-0.2, -0.15) is 0 Å². The van der Waals surface area contributed by atoms with Gasteiger partial charge in [-0.15, -0.1) is 0 Å². The summed E-state index contributed by atoms with van der Waals surface area (Å²) >= 11 is 5.92. The summed E-state index contributed by atoms with van der Waals surface area (Å²) in [7, 11) is 3.97. The highest BCUT2D eigenvalue weighted by atomic mass is 35.5. The van der Waals surface area contributed by atoms with Crippen LogP contribution in [0.25, 0.3) is 0 Å². The summed E-state index contributed by atoms with van der Waals surface area (Å²) < 4.78 is 0. The molecule has 2 N–H and O–H groups in total. The zero-order valence-electron chi connectivity index (χ0n) is 13.4. The van der Waals surface area contributed by atoms with Gasteiger partial charge in [0.25, 0.3) is 5.91 Å². The van der Waals surface area contributed by atoms with Crippen molar-refractivity contribution >= 4 is 29.1 Å². The number of rotatable bonds is 6. The van der Waals surface area contributed by atoms with Crippen LogP contribution in [0, 0.1) is 6.92 Å². The third kappa shape index (κ3) is 5.19. The van der Waals surface area contributed by atoms with Crippen molar-refractivity contribution < 1.29 is 4.79 Å². The van der Waals surface area contributed by atoms with E-state index < -0.39 is 0 Å². The van der Waals surface area contributed by atoms with Crippen molar-refractivity contribution in [1.82, 2.24) is 14.9 Å². The van der Waals surface area contributed by atoms with Crippen LogP contribution in [0.5, 0.6) is 0 Å². The second kappa shape index (κ2) is 7.89. The Bertz CT molecular complexity index is 690. The first-order valence-corrected chi connectivity index (χ1v) is 7.62. The summed E-state index contributed by atoms with van der Waals surface area (Å²) in [4.78, 5) is 22.7. The molecule has 0 radical (unpaired) electrons.